The van der Waals surface area contributed by atoms with Gasteiger partial charge in [0.2, 0.25) is 0 Å². The molecule has 0 saturated carbocycles. The van der Waals surface area contributed by atoms with Crippen molar-refractivity contribution in [3.8, 4) is 5.75 Å². The summed E-state index contributed by atoms with van der Waals surface area (Å²) in [5.41, 5.74) is 6.44. The molecule has 6 heteroatoms. The Morgan fingerprint density at radius 1 is 1.50 bits per heavy atom. The number of anilines is 1. The summed E-state index contributed by atoms with van der Waals surface area (Å²) in [5.74, 6) is 0.507. The number of nitro groups is 1. The summed E-state index contributed by atoms with van der Waals surface area (Å²) >= 11 is 0. The van der Waals surface area contributed by atoms with E-state index in [1.807, 2.05) is 0 Å². The second-order valence-corrected chi connectivity index (χ2v) is 5.03. The zero-order chi connectivity index (χ0) is 14.5. The van der Waals surface area contributed by atoms with Crippen molar-refractivity contribution in [1.29, 1.82) is 0 Å². The van der Waals surface area contributed by atoms with Crippen molar-refractivity contribution in [2.75, 3.05) is 25.1 Å². The van der Waals surface area contributed by atoms with Gasteiger partial charge in [0, 0.05) is 12.6 Å². The van der Waals surface area contributed by atoms with Gasteiger partial charge in [0.1, 0.15) is 11.4 Å². The van der Waals surface area contributed by atoms with Gasteiger partial charge >= 0.3 is 0 Å². The molecule has 0 radical (unpaired) electrons. The number of nitro benzene ring substituents is 1. The standard InChI is InChI=1S/C14H21N3O3/c1-20-12-5-6-13(14(10-12)17(18)19)16-9-3-2-4-11(16)7-8-15/h5-6,10-11H,2-4,7-9,15H2,1H3. The molecule has 1 atom stereocenters. The molecule has 0 amide bonds. The maximum Gasteiger partial charge on any atom is 0.296 e. The molecule has 0 aromatic heterocycles. The summed E-state index contributed by atoms with van der Waals surface area (Å²) < 4.78 is 5.08. The third kappa shape index (κ3) is 3.01. The van der Waals surface area contributed by atoms with E-state index in [-0.39, 0.29) is 10.6 Å². The molecular weight excluding hydrogens is 258 g/mol. The number of hydrogen-bond acceptors (Lipinski definition) is 5. The highest BCUT2D eigenvalue weighted by atomic mass is 16.6. The van der Waals surface area contributed by atoms with Crippen LogP contribution in [0, 0.1) is 10.1 Å². The van der Waals surface area contributed by atoms with E-state index in [1.54, 1.807) is 12.1 Å². The average molecular weight is 279 g/mol. The summed E-state index contributed by atoms with van der Waals surface area (Å²) in [7, 11) is 1.51. The molecule has 2 N–H and O–H groups in total. The highest BCUT2D eigenvalue weighted by Crippen LogP contribution is 2.36. The Morgan fingerprint density at radius 3 is 2.95 bits per heavy atom. The Labute approximate surface area is 118 Å². The first kappa shape index (κ1) is 14.6. The summed E-state index contributed by atoms with van der Waals surface area (Å²) in [5, 5.41) is 11.3. The van der Waals surface area contributed by atoms with Crippen LogP contribution in [0.25, 0.3) is 0 Å². The smallest absolute Gasteiger partial charge is 0.296 e. The number of benzene rings is 1. The lowest BCUT2D eigenvalue weighted by Crippen LogP contribution is -2.41. The molecule has 110 valence electrons. The van der Waals surface area contributed by atoms with E-state index in [4.69, 9.17) is 10.5 Å². The molecule has 6 nitrogen and oxygen atoms in total. The van der Waals surface area contributed by atoms with Crippen LogP contribution in [-0.2, 0) is 0 Å². The van der Waals surface area contributed by atoms with Gasteiger partial charge in [-0.15, -0.1) is 0 Å². The molecule has 1 aliphatic rings. The molecule has 0 aliphatic carbocycles. The first-order valence-corrected chi connectivity index (χ1v) is 6.96. The summed E-state index contributed by atoms with van der Waals surface area (Å²) in [6.45, 7) is 1.45. The van der Waals surface area contributed by atoms with Gasteiger partial charge in [-0.1, -0.05) is 0 Å². The number of nitrogens with zero attached hydrogens (tertiary/aromatic N) is 2. The van der Waals surface area contributed by atoms with E-state index in [2.05, 4.69) is 4.90 Å². The van der Waals surface area contributed by atoms with Gasteiger partial charge in [-0.05, 0) is 44.4 Å². The van der Waals surface area contributed by atoms with Crippen molar-refractivity contribution in [2.24, 2.45) is 5.73 Å². The molecule has 1 saturated heterocycles. The lowest BCUT2D eigenvalue weighted by molar-refractivity contribution is -0.384. The first-order chi connectivity index (χ1) is 9.67. The van der Waals surface area contributed by atoms with E-state index in [0.29, 0.717) is 24.0 Å². The third-order valence-corrected chi connectivity index (χ3v) is 3.82. The molecule has 1 aromatic carbocycles. The lowest BCUT2D eigenvalue weighted by atomic mass is 9.98. The Bertz CT molecular complexity index is 477. The molecule has 20 heavy (non-hydrogen) atoms. The van der Waals surface area contributed by atoms with Crippen LogP contribution >= 0.6 is 0 Å². The quantitative estimate of drug-likeness (QED) is 0.660. The fourth-order valence-corrected chi connectivity index (χ4v) is 2.83. The minimum Gasteiger partial charge on any atom is -0.496 e. The van der Waals surface area contributed by atoms with E-state index >= 15 is 0 Å². The van der Waals surface area contributed by atoms with E-state index in [1.165, 1.54) is 13.2 Å². The van der Waals surface area contributed by atoms with Gasteiger partial charge in [-0.25, -0.2) is 0 Å². The molecule has 0 spiro atoms. The van der Waals surface area contributed by atoms with Crippen LogP contribution in [0.2, 0.25) is 0 Å². The predicted octanol–water partition coefficient (Wildman–Crippen LogP) is 2.31. The molecule has 1 aliphatic heterocycles. The summed E-state index contributed by atoms with van der Waals surface area (Å²) in [6, 6.07) is 5.34. The average Bonchev–Trinajstić information content (AvgIpc) is 2.47. The number of ether oxygens (including phenoxy) is 1. The van der Waals surface area contributed by atoms with Crippen molar-refractivity contribution in [3.63, 3.8) is 0 Å². The van der Waals surface area contributed by atoms with Gasteiger partial charge < -0.3 is 15.4 Å². The largest absolute Gasteiger partial charge is 0.496 e. The van der Waals surface area contributed by atoms with E-state index < -0.39 is 0 Å². The highest BCUT2D eigenvalue weighted by molar-refractivity contribution is 5.66. The van der Waals surface area contributed by atoms with Crippen LogP contribution in [-0.4, -0.2) is 31.2 Å². The topological polar surface area (TPSA) is 81.6 Å². The van der Waals surface area contributed by atoms with E-state index in [0.717, 1.165) is 32.2 Å². The number of methoxy groups -OCH3 is 1. The van der Waals surface area contributed by atoms with Gasteiger partial charge in [0.25, 0.3) is 5.69 Å². The van der Waals surface area contributed by atoms with Crippen LogP contribution in [0.4, 0.5) is 11.4 Å². The predicted molar refractivity (Wildman–Crippen MR) is 78.3 cm³/mol. The second kappa shape index (κ2) is 6.56. The van der Waals surface area contributed by atoms with Crippen LogP contribution in [0.3, 0.4) is 0 Å². The van der Waals surface area contributed by atoms with Gasteiger partial charge in [-0.2, -0.15) is 0 Å². The Kier molecular flexibility index (Phi) is 4.79. The zero-order valence-electron chi connectivity index (χ0n) is 11.7. The maximum atomic E-state index is 11.3. The van der Waals surface area contributed by atoms with Crippen LogP contribution in [0.1, 0.15) is 25.7 Å². The van der Waals surface area contributed by atoms with Crippen molar-refractivity contribution >= 4 is 11.4 Å². The minimum absolute atomic E-state index is 0.105. The van der Waals surface area contributed by atoms with E-state index in [9.17, 15) is 10.1 Å². The SMILES string of the molecule is COc1ccc(N2CCCCC2CCN)c([N+](=O)[O-])c1. The molecule has 0 bridgehead atoms. The number of nitrogens with two attached hydrogens (primary N) is 1. The maximum absolute atomic E-state index is 11.3. The monoisotopic (exact) mass is 279 g/mol. The van der Waals surface area contributed by atoms with Crippen molar-refractivity contribution in [2.45, 2.75) is 31.7 Å². The number of piperidine rings is 1. The first-order valence-electron chi connectivity index (χ1n) is 6.96. The normalized spacial score (nSPS) is 18.9. The van der Waals surface area contributed by atoms with Gasteiger partial charge in [0.15, 0.2) is 0 Å². The van der Waals surface area contributed by atoms with Crippen LogP contribution in [0.15, 0.2) is 18.2 Å². The molecule has 1 fully saturated rings. The number of hydrogen-bond donors (Lipinski definition) is 1. The second-order valence-electron chi connectivity index (χ2n) is 5.03. The lowest BCUT2D eigenvalue weighted by Gasteiger charge is -2.37. The minimum atomic E-state index is -0.341. The molecule has 1 aromatic rings. The summed E-state index contributed by atoms with van der Waals surface area (Å²) in [4.78, 5) is 13.1. The highest BCUT2D eigenvalue weighted by Gasteiger charge is 2.27. The van der Waals surface area contributed by atoms with Gasteiger partial charge in [0.05, 0.1) is 18.1 Å². The Balaban J connectivity index is 2.36. The fourth-order valence-electron chi connectivity index (χ4n) is 2.83. The molecule has 2 rings (SSSR count). The van der Waals surface area contributed by atoms with Crippen molar-refractivity contribution in [3.05, 3.63) is 28.3 Å². The molecular formula is C14H21N3O3. The van der Waals surface area contributed by atoms with Crippen molar-refractivity contribution < 1.29 is 9.66 Å². The Morgan fingerprint density at radius 2 is 2.30 bits per heavy atom. The zero-order valence-corrected chi connectivity index (χ0v) is 11.7. The molecule has 1 unspecified atom stereocenters. The van der Waals surface area contributed by atoms with Gasteiger partial charge in [-0.3, -0.25) is 10.1 Å². The van der Waals surface area contributed by atoms with Crippen LogP contribution < -0.4 is 15.4 Å². The Hall–Kier alpha value is -1.82. The van der Waals surface area contributed by atoms with Crippen molar-refractivity contribution in [1.82, 2.24) is 0 Å². The number of rotatable bonds is 5. The molecule has 1 heterocycles. The van der Waals surface area contributed by atoms with Crippen LogP contribution in [0.5, 0.6) is 5.75 Å². The fraction of sp³-hybridized carbons (Fsp3) is 0.571. The third-order valence-electron chi connectivity index (χ3n) is 3.82. The summed E-state index contributed by atoms with van der Waals surface area (Å²) in [6.07, 6.45) is 4.12.